The van der Waals surface area contributed by atoms with E-state index in [9.17, 15) is 9.59 Å². The minimum Gasteiger partial charge on any atom is -0.375 e. The number of hydrogen-bond donors (Lipinski definition) is 1. The van der Waals surface area contributed by atoms with Gasteiger partial charge in [0.25, 0.3) is 5.91 Å². The summed E-state index contributed by atoms with van der Waals surface area (Å²) in [7, 11) is 0. The van der Waals surface area contributed by atoms with Crippen LogP contribution in [0.25, 0.3) is 0 Å². The lowest BCUT2D eigenvalue weighted by atomic mass is 10.1. The summed E-state index contributed by atoms with van der Waals surface area (Å²) in [6.45, 7) is 5.49. The number of benzene rings is 1. The molecule has 2 heterocycles. The zero-order valence-electron chi connectivity index (χ0n) is 13.7. The first-order chi connectivity index (χ1) is 11.6. The molecule has 6 nitrogen and oxygen atoms in total. The van der Waals surface area contributed by atoms with Gasteiger partial charge in [-0.3, -0.25) is 9.59 Å². The summed E-state index contributed by atoms with van der Waals surface area (Å²) in [5.74, 6) is 0.0834. The number of carbonyl (C=O) groups is 2. The zero-order chi connectivity index (χ0) is 17.1. The monoisotopic (exact) mass is 395 g/mol. The molecule has 3 rings (SSSR count). The van der Waals surface area contributed by atoms with Crippen molar-refractivity contribution in [1.29, 1.82) is 0 Å². The van der Waals surface area contributed by atoms with Crippen LogP contribution in [-0.4, -0.2) is 73.1 Å². The van der Waals surface area contributed by atoms with Gasteiger partial charge in [0.2, 0.25) is 5.91 Å². The number of morpholine rings is 1. The fraction of sp³-hybridized carbons (Fsp3) is 0.529. The van der Waals surface area contributed by atoms with Gasteiger partial charge in [-0.25, -0.2) is 0 Å². The lowest BCUT2D eigenvalue weighted by Crippen LogP contribution is -2.60. The molecule has 2 aliphatic heterocycles. The van der Waals surface area contributed by atoms with Crippen LogP contribution in [0.15, 0.2) is 28.7 Å². The Kier molecular flexibility index (Phi) is 5.53. The van der Waals surface area contributed by atoms with Crippen molar-refractivity contribution >= 4 is 27.7 Å². The molecule has 2 atom stereocenters. The van der Waals surface area contributed by atoms with Crippen molar-refractivity contribution in [3.8, 4) is 0 Å². The average Bonchev–Trinajstić information content (AvgIpc) is 2.62. The van der Waals surface area contributed by atoms with Crippen molar-refractivity contribution in [2.45, 2.75) is 19.1 Å². The van der Waals surface area contributed by atoms with E-state index in [-0.39, 0.29) is 24.0 Å². The van der Waals surface area contributed by atoms with Crippen LogP contribution < -0.4 is 5.32 Å². The van der Waals surface area contributed by atoms with Gasteiger partial charge in [0.05, 0.1) is 12.7 Å². The van der Waals surface area contributed by atoms with Crippen molar-refractivity contribution in [1.82, 2.24) is 15.1 Å². The summed E-state index contributed by atoms with van der Waals surface area (Å²) in [5.41, 5.74) is 0.675. The Balaban J connectivity index is 1.56. The maximum atomic E-state index is 12.6. The third-order valence-corrected chi connectivity index (χ3v) is 5.08. The maximum Gasteiger partial charge on any atom is 0.253 e. The quantitative estimate of drug-likeness (QED) is 0.814. The Morgan fingerprint density at radius 2 is 1.75 bits per heavy atom. The van der Waals surface area contributed by atoms with E-state index >= 15 is 0 Å². The summed E-state index contributed by atoms with van der Waals surface area (Å²) < 4.78 is 6.50. The molecule has 1 aromatic rings. The predicted molar refractivity (Wildman–Crippen MR) is 93.8 cm³/mol. The molecular formula is C17H22BrN3O3. The van der Waals surface area contributed by atoms with E-state index in [1.807, 2.05) is 36.1 Å². The van der Waals surface area contributed by atoms with Gasteiger partial charge in [0.1, 0.15) is 6.04 Å². The number of rotatable bonds is 2. The van der Waals surface area contributed by atoms with E-state index in [1.165, 1.54) is 0 Å². The summed E-state index contributed by atoms with van der Waals surface area (Å²) in [5, 5.41) is 3.23. The predicted octanol–water partition coefficient (Wildman–Crippen LogP) is 1.11. The fourth-order valence-electron chi connectivity index (χ4n) is 3.11. The number of amides is 2. The summed E-state index contributed by atoms with van der Waals surface area (Å²) in [4.78, 5) is 28.8. The van der Waals surface area contributed by atoms with Crippen LogP contribution in [0.4, 0.5) is 0 Å². The van der Waals surface area contributed by atoms with Gasteiger partial charge in [0, 0.05) is 42.8 Å². The molecule has 24 heavy (non-hydrogen) atoms. The van der Waals surface area contributed by atoms with Crippen LogP contribution in [0.5, 0.6) is 0 Å². The Labute approximate surface area is 150 Å². The van der Waals surface area contributed by atoms with Gasteiger partial charge in [-0.1, -0.05) is 15.9 Å². The highest BCUT2D eigenvalue weighted by atomic mass is 79.9. The van der Waals surface area contributed by atoms with E-state index < -0.39 is 0 Å². The van der Waals surface area contributed by atoms with Crippen LogP contribution in [0, 0.1) is 0 Å². The molecule has 2 fully saturated rings. The van der Waals surface area contributed by atoms with Crippen LogP contribution in [0.1, 0.15) is 17.3 Å². The second kappa shape index (κ2) is 7.63. The lowest BCUT2D eigenvalue weighted by molar-refractivity contribution is -0.140. The SMILES string of the molecule is C[C@H]1OCCN[C@@H]1C(=O)N1CCN(C(=O)c2ccc(Br)cc2)CC1. The molecule has 2 saturated heterocycles. The molecule has 0 bridgehead atoms. The summed E-state index contributed by atoms with van der Waals surface area (Å²) in [6.07, 6.45) is -0.117. The largest absolute Gasteiger partial charge is 0.375 e. The standard InChI is InChI=1S/C17H22BrN3O3/c1-12-15(19-6-11-24-12)17(23)21-9-7-20(8-10-21)16(22)13-2-4-14(18)5-3-13/h2-5,12,15,19H,6-11H2,1H3/t12-,15+/m1/s1. The van der Waals surface area contributed by atoms with Gasteiger partial charge in [-0.05, 0) is 31.2 Å². The van der Waals surface area contributed by atoms with E-state index in [4.69, 9.17) is 4.74 Å². The van der Waals surface area contributed by atoms with Gasteiger partial charge in [-0.15, -0.1) is 0 Å². The Hall–Kier alpha value is -1.44. The Morgan fingerprint density at radius 1 is 1.12 bits per heavy atom. The van der Waals surface area contributed by atoms with Crippen molar-refractivity contribution in [2.24, 2.45) is 0 Å². The van der Waals surface area contributed by atoms with Gasteiger partial charge >= 0.3 is 0 Å². The molecule has 0 unspecified atom stereocenters. The van der Waals surface area contributed by atoms with Crippen molar-refractivity contribution in [3.05, 3.63) is 34.3 Å². The first-order valence-electron chi connectivity index (χ1n) is 8.25. The number of hydrogen-bond acceptors (Lipinski definition) is 4. The number of carbonyl (C=O) groups excluding carboxylic acids is 2. The topological polar surface area (TPSA) is 61.9 Å². The zero-order valence-corrected chi connectivity index (χ0v) is 15.3. The van der Waals surface area contributed by atoms with E-state index in [1.54, 1.807) is 4.90 Å². The third-order valence-electron chi connectivity index (χ3n) is 4.55. The molecule has 0 aromatic heterocycles. The van der Waals surface area contributed by atoms with Crippen LogP contribution in [-0.2, 0) is 9.53 Å². The molecule has 7 heteroatoms. The second-order valence-electron chi connectivity index (χ2n) is 6.13. The average molecular weight is 396 g/mol. The number of nitrogens with one attached hydrogen (secondary N) is 1. The molecule has 2 aliphatic rings. The van der Waals surface area contributed by atoms with Crippen molar-refractivity contribution in [3.63, 3.8) is 0 Å². The molecule has 2 amide bonds. The molecule has 0 radical (unpaired) electrons. The maximum absolute atomic E-state index is 12.6. The minimum absolute atomic E-state index is 0.0158. The van der Waals surface area contributed by atoms with Crippen LogP contribution >= 0.6 is 15.9 Å². The first kappa shape index (κ1) is 17.4. The number of nitrogens with zero attached hydrogens (tertiary/aromatic N) is 2. The summed E-state index contributed by atoms with van der Waals surface area (Å²) in [6, 6.07) is 7.07. The number of piperazine rings is 1. The van der Waals surface area contributed by atoms with E-state index in [0.29, 0.717) is 44.9 Å². The molecule has 0 spiro atoms. The minimum atomic E-state index is -0.285. The fourth-order valence-corrected chi connectivity index (χ4v) is 3.38. The molecule has 0 saturated carbocycles. The van der Waals surface area contributed by atoms with Crippen LogP contribution in [0.2, 0.25) is 0 Å². The smallest absolute Gasteiger partial charge is 0.253 e. The van der Waals surface area contributed by atoms with Gasteiger partial charge < -0.3 is 19.9 Å². The Morgan fingerprint density at radius 3 is 2.38 bits per heavy atom. The number of ether oxygens (including phenoxy) is 1. The molecule has 130 valence electrons. The van der Waals surface area contributed by atoms with E-state index in [0.717, 1.165) is 4.47 Å². The first-order valence-corrected chi connectivity index (χ1v) is 9.04. The lowest BCUT2D eigenvalue weighted by Gasteiger charge is -2.38. The highest BCUT2D eigenvalue weighted by Crippen LogP contribution is 2.15. The van der Waals surface area contributed by atoms with Gasteiger partial charge in [-0.2, -0.15) is 0 Å². The molecule has 0 aliphatic carbocycles. The highest BCUT2D eigenvalue weighted by molar-refractivity contribution is 9.10. The number of halogens is 1. The van der Waals surface area contributed by atoms with Crippen LogP contribution in [0.3, 0.4) is 0 Å². The van der Waals surface area contributed by atoms with Crippen molar-refractivity contribution in [2.75, 3.05) is 39.3 Å². The normalized spacial score (nSPS) is 24.8. The highest BCUT2D eigenvalue weighted by Gasteiger charge is 2.33. The molecule has 1 N–H and O–H groups in total. The second-order valence-corrected chi connectivity index (χ2v) is 7.05. The molecular weight excluding hydrogens is 374 g/mol. The Bertz CT molecular complexity index is 600. The van der Waals surface area contributed by atoms with Crippen molar-refractivity contribution < 1.29 is 14.3 Å². The summed E-state index contributed by atoms with van der Waals surface area (Å²) >= 11 is 3.37. The molecule has 1 aromatic carbocycles. The van der Waals surface area contributed by atoms with E-state index in [2.05, 4.69) is 21.2 Å². The third kappa shape index (κ3) is 3.79. The van der Waals surface area contributed by atoms with Gasteiger partial charge in [0.15, 0.2) is 0 Å².